The number of aryl methyl sites for hydroxylation is 1. The molecule has 0 radical (unpaired) electrons. The standard InChI is InChI=1S/C30H12F3N5/c1-16-2-17(6-23(11-34)28(16)31)18-3-19(21-7-24(12-35)29(32)25(8-21)13-36)5-20(4-18)22-9-26(14-37)30(33)27(10-22)15-38/h2-10H,1H3. The van der Waals surface area contributed by atoms with Crippen LogP contribution >= 0.6 is 0 Å². The second-order valence-electron chi connectivity index (χ2n) is 8.28. The molecule has 0 heterocycles. The molecule has 0 bridgehead atoms. The highest BCUT2D eigenvalue weighted by molar-refractivity contribution is 5.83. The Hall–Kier alpha value is -5.88. The first-order valence-corrected chi connectivity index (χ1v) is 10.9. The number of hydrogen-bond donors (Lipinski definition) is 0. The molecule has 4 aromatic rings. The van der Waals surface area contributed by atoms with E-state index in [1.54, 1.807) is 42.5 Å². The van der Waals surface area contributed by atoms with Gasteiger partial charge < -0.3 is 0 Å². The van der Waals surface area contributed by atoms with Crippen molar-refractivity contribution in [1.82, 2.24) is 0 Å². The van der Waals surface area contributed by atoms with Crippen molar-refractivity contribution in [1.29, 1.82) is 26.3 Å². The van der Waals surface area contributed by atoms with Crippen LogP contribution in [0.5, 0.6) is 0 Å². The number of benzene rings is 4. The van der Waals surface area contributed by atoms with Crippen molar-refractivity contribution in [2.24, 2.45) is 0 Å². The van der Waals surface area contributed by atoms with Crippen molar-refractivity contribution in [3.63, 3.8) is 0 Å². The number of rotatable bonds is 3. The van der Waals surface area contributed by atoms with E-state index in [1.807, 2.05) is 6.07 Å². The molecule has 0 aliphatic heterocycles. The van der Waals surface area contributed by atoms with Gasteiger partial charge in [-0.15, -0.1) is 0 Å². The third-order valence-electron chi connectivity index (χ3n) is 5.94. The van der Waals surface area contributed by atoms with E-state index in [4.69, 9.17) is 0 Å². The second-order valence-corrected chi connectivity index (χ2v) is 8.28. The molecule has 38 heavy (non-hydrogen) atoms. The van der Waals surface area contributed by atoms with Gasteiger partial charge in [-0.2, -0.15) is 26.3 Å². The van der Waals surface area contributed by atoms with Crippen molar-refractivity contribution >= 4 is 0 Å². The van der Waals surface area contributed by atoms with Gasteiger partial charge in [0.1, 0.15) is 36.2 Å². The number of hydrogen-bond acceptors (Lipinski definition) is 5. The summed E-state index contributed by atoms with van der Waals surface area (Å²) in [5, 5.41) is 46.9. The summed E-state index contributed by atoms with van der Waals surface area (Å²) in [5.74, 6) is -2.59. The molecule has 0 amide bonds. The lowest BCUT2D eigenvalue weighted by Gasteiger charge is -2.14. The fourth-order valence-corrected chi connectivity index (χ4v) is 4.05. The van der Waals surface area contributed by atoms with Crippen LogP contribution in [0.4, 0.5) is 13.2 Å². The zero-order chi connectivity index (χ0) is 27.6. The van der Waals surface area contributed by atoms with Crippen LogP contribution in [0.25, 0.3) is 33.4 Å². The molecule has 0 aromatic heterocycles. The molecular formula is C30H12F3N5. The van der Waals surface area contributed by atoms with Crippen LogP contribution in [0.3, 0.4) is 0 Å². The van der Waals surface area contributed by atoms with E-state index < -0.39 is 17.5 Å². The largest absolute Gasteiger partial charge is 0.205 e. The van der Waals surface area contributed by atoms with Gasteiger partial charge in [-0.1, -0.05) is 0 Å². The van der Waals surface area contributed by atoms with E-state index >= 15 is 0 Å². The van der Waals surface area contributed by atoms with Gasteiger partial charge in [-0.3, -0.25) is 0 Å². The smallest absolute Gasteiger partial charge is 0.158 e. The Morgan fingerprint density at radius 2 is 0.632 bits per heavy atom. The molecule has 5 nitrogen and oxygen atoms in total. The lowest BCUT2D eigenvalue weighted by atomic mass is 9.90. The predicted octanol–water partition coefficient (Wildman–Crippen LogP) is 6.77. The normalized spacial score (nSPS) is 9.97. The molecule has 0 saturated carbocycles. The minimum Gasteiger partial charge on any atom is -0.205 e. The third kappa shape index (κ3) is 4.41. The third-order valence-corrected chi connectivity index (χ3v) is 5.94. The van der Waals surface area contributed by atoms with Crippen molar-refractivity contribution in [3.8, 4) is 63.7 Å². The fourth-order valence-electron chi connectivity index (χ4n) is 4.05. The topological polar surface area (TPSA) is 119 Å². The van der Waals surface area contributed by atoms with Crippen molar-refractivity contribution in [2.45, 2.75) is 6.92 Å². The van der Waals surface area contributed by atoms with Crippen LogP contribution < -0.4 is 0 Å². The van der Waals surface area contributed by atoms with E-state index in [0.29, 0.717) is 33.4 Å². The minimum atomic E-state index is -0.959. The molecule has 0 N–H and O–H groups in total. The highest BCUT2D eigenvalue weighted by Crippen LogP contribution is 2.36. The summed E-state index contributed by atoms with van der Waals surface area (Å²) in [6.45, 7) is 1.50. The molecular weight excluding hydrogens is 487 g/mol. The van der Waals surface area contributed by atoms with Crippen LogP contribution in [0.15, 0.2) is 54.6 Å². The molecule has 8 heteroatoms. The molecule has 0 unspecified atom stereocenters. The minimum absolute atomic E-state index is 0.187. The van der Waals surface area contributed by atoms with E-state index in [0.717, 1.165) is 0 Å². The first-order chi connectivity index (χ1) is 18.2. The Bertz CT molecular complexity index is 1700. The zero-order valence-electron chi connectivity index (χ0n) is 19.6. The molecule has 0 atom stereocenters. The maximum atomic E-state index is 14.4. The van der Waals surface area contributed by atoms with Gasteiger partial charge in [0.05, 0.1) is 27.8 Å². The van der Waals surface area contributed by atoms with Crippen molar-refractivity contribution in [3.05, 3.63) is 105 Å². The molecule has 0 fully saturated rings. The first kappa shape index (κ1) is 25.2. The van der Waals surface area contributed by atoms with Crippen LogP contribution in [-0.4, -0.2) is 0 Å². The number of halogens is 3. The molecule has 0 saturated heterocycles. The highest BCUT2D eigenvalue weighted by atomic mass is 19.1. The summed E-state index contributed by atoms with van der Waals surface area (Å²) in [7, 11) is 0. The Kier molecular flexibility index (Phi) is 6.64. The van der Waals surface area contributed by atoms with Gasteiger partial charge in [0.25, 0.3) is 0 Å². The van der Waals surface area contributed by atoms with Gasteiger partial charge in [-0.25, -0.2) is 13.2 Å². The van der Waals surface area contributed by atoms with E-state index in [-0.39, 0.29) is 33.4 Å². The summed E-state index contributed by atoms with van der Waals surface area (Å²) in [5.41, 5.74) is 0.987. The summed E-state index contributed by atoms with van der Waals surface area (Å²) < 4.78 is 43.2. The average molecular weight is 499 g/mol. The maximum absolute atomic E-state index is 14.4. The Morgan fingerprint density at radius 3 is 0.921 bits per heavy atom. The lowest BCUT2D eigenvalue weighted by molar-refractivity contribution is 0.615. The van der Waals surface area contributed by atoms with Crippen LogP contribution in [0, 0.1) is 81.0 Å². The Morgan fingerprint density at radius 1 is 0.395 bits per heavy atom. The summed E-state index contributed by atoms with van der Waals surface area (Å²) in [6, 6.07) is 21.5. The Labute approximate surface area is 215 Å². The summed E-state index contributed by atoms with van der Waals surface area (Å²) in [6.07, 6.45) is 0. The van der Waals surface area contributed by atoms with Gasteiger partial charge in [0, 0.05) is 0 Å². The van der Waals surface area contributed by atoms with Gasteiger partial charge in [-0.05, 0) is 100 Å². The predicted molar refractivity (Wildman–Crippen MR) is 131 cm³/mol. The first-order valence-electron chi connectivity index (χ1n) is 10.9. The molecule has 0 spiro atoms. The second kappa shape index (κ2) is 10.0. The maximum Gasteiger partial charge on any atom is 0.158 e. The van der Waals surface area contributed by atoms with Crippen molar-refractivity contribution in [2.75, 3.05) is 0 Å². The van der Waals surface area contributed by atoms with E-state index in [9.17, 15) is 39.5 Å². The van der Waals surface area contributed by atoms with Gasteiger partial charge in [0.15, 0.2) is 11.6 Å². The number of nitrogens with zero attached hydrogens (tertiary/aromatic N) is 5. The highest BCUT2D eigenvalue weighted by Gasteiger charge is 2.17. The monoisotopic (exact) mass is 499 g/mol. The Balaban J connectivity index is 2.08. The summed E-state index contributed by atoms with van der Waals surface area (Å²) >= 11 is 0. The average Bonchev–Trinajstić information content (AvgIpc) is 2.94. The molecule has 4 rings (SSSR count). The molecule has 4 aromatic carbocycles. The van der Waals surface area contributed by atoms with Crippen molar-refractivity contribution < 1.29 is 13.2 Å². The fraction of sp³-hybridized carbons (Fsp3) is 0.0333. The van der Waals surface area contributed by atoms with Crippen LogP contribution in [0.1, 0.15) is 33.4 Å². The quantitative estimate of drug-likeness (QED) is 0.308. The van der Waals surface area contributed by atoms with Crippen LogP contribution in [0.2, 0.25) is 0 Å². The van der Waals surface area contributed by atoms with Gasteiger partial charge in [0.2, 0.25) is 0 Å². The summed E-state index contributed by atoms with van der Waals surface area (Å²) in [4.78, 5) is 0. The zero-order valence-corrected chi connectivity index (χ0v) is 19.6. The molecule has 0 aliphatic rings. The SMILES string of the molecule is Cc1cc(-c2cc(-c3cc(C#N)c(F)c(C#N)c3)cc(-c3cc(C#N)c(F)c(C#N)c3)c2)cc(C#N)c1F. The van der Waals surface area contributed by atoms with E-state index in [1.165, 1.54) is 43.3 Å². The van der Waals surface area contributed by atoms with Crippen LogP contribution in [-0.2, 0) is 0 Å². The molecule has 178 valence electrons. The van der Waals surface area contributed by atoms with Gasteiger partial charge >= 0.3 is 0 Å². The lowest BCUT2D eigenvalue weighted by Crippen LogP contribution is -1.95. The van der Waals surface area contributed by atoms with E-state index in [2.05, 4.69) is 0 Å². The number of nitriles is 5. The molecule has 0 aliphatic carbocycles.